The summed E-state index contributed by atoms with van der Waals surface area (Å²) in [4.78, 5) is 24.0. The number of nitrogens with two attached hydrogens (primary N) is 1. The van der Waals surface area contributed by atoms with E-state index in [-0.39, 0.29) is 49.5 Å². The van der Waals surface area contributed by atoms with Gasteiger partial charge in [-0.05, 0) is 31.7 Å². The molecule has 2 aromatic rings. The molecule has 168 valence electrons. The molecule has 1 saturated carbocycles. The maximum atomic E-state index is 13.7. The van der Waals surface area contributed by atoms with Crippen LogP contribution in [0.15, 0.2) is 12.3 Å². The van der Waals surface area contributed by atoms with E-state index in [1.165, 1.54) is 0 Å². The summed E-state index contributed by atoms with van der Waals surface area (Å²) in [5, 5.41) is 13.0. The molecule has 0 unspecified atom stereocenters. The fraction of sp³-hybridized carbons (Fsp3) is 0.500. The molecule has 0 saturated heterocycles. The van der Waals surface area contributed by atoms with Gasteiger partial charge in [0.2, 0.25) is 5.92 Å². The van der Waals surface area contributed by atoms with E-state index >= 15 is 0 Å². The molecule has 1 aliphatic carbocycles. The van der Waals surface area contributed by atoms with Crippen molar-refractivity contribution in [3.63, 3.8) is 0 Å². The number of nitrogens with one attached hydrogen (secondary N) is 1. The zero-order valence-electron chi connectivity index (χ0n) is 16.3. The van der Waals surface area contributed by atoms with Gasteiger partial charge in [0.1, 0.15) is 11.3 Å². The Bertz CT molecular complexity index is 994. The normalized spacial score (nSPS) is 16.8. The molecule has 2 heterocycles. The summed E-state index contributed by atoms with van der Waals surface area (Å²) in [5.74, 6) is -5.22. The van der Waals surface area contributed by atoms with Crippen LogP contribution in [0.25, 0.3) is 0 Å². The van der Waals surface area contributed by atoms with Gasteiger partial charge < -0.3 is 11.1 Å². The van der Waals surface area contributed by atoms with Crippen LogP contribution in [-0.4, -0.2) is 37.7 Å². The molecule has 3 rings (SSSR count). The maximum absolute atomic E-state index is 13.7. The monoisotopic (exact) mass is 446 g/mol. The summed E-state index contributed by atoms with van der Waals surface area (Å²) in [7, 11) is 0. The number of alkyl halides is 5. The Labute approximate surface area is 173 Å². The van der Waals surface area contributed by atoms with Gasteiger partial charge in [-0.2, -0.15) is 23.4 Å². The van der Waals surface area contributed by atoms with Gasteiger partial charge in [0.15, 0.2) is 5.69 Å². The van der Waals surface area contributed by atoms with Crippen molar-refractivity contribution in [1.29, 1.82) is 0 Å². The number of anilines is 1. The summed E-state index contributed by atoms with van der Waals surface area (Å²) < 4.78 is 68.7. The molecule has 0 aliphatic heterocycles. The van der Waals surface area contributed by atoms with Crippen molar-refractivity contribution in [2.75, 3.05) is 5.32 Å². The van der Waals surface area contributed by atoms with Crippen molar-refractivity contribution in [3.05, 3.63) is 34.9 Å². The lowest BCUT2D eigenvalue weighted by molar-refractivity contribution is -0.138. The number of nitrogens with zero attached hydrogens (tertiary/aromatic N) is 4. The van der Waals surface area contributed by atoms with Crippen LogP contribution in [0.1, 0.15) is 57.9 Å². The predicted molar refractivity (Wildman–Crippen MR) is 97.4 cm³/mol. The smallest absolute Gasteiger partial charge is 0.364 e. The van der Waals surface area contributed by atoms with E-state index in [1.54, 1.807) is 0 Å². The molecule has 31 heavy (non-hydrogen) atoms. The number of aromatic nitrogens is 4. The maximum Gasteiger partial charge on any atom is 0.420 e. The Hall–Kier alpha value is -3.12. The largest absolute Gasteiger partial charge is 0.420 e. The van der Waals surface area contributed by atoms with E-state index in [4.69, 9.17) is 5.73 Å². The lowest BCUT2D eigenvalue weighted by Crippen LogP contribution is -2.29. The first-order valence-corrected chi connectivity index (χ1v) is 9.33. The molecule has 13 heteroatoms. The van der Waals surface area contributed by atoms with Gasteiger partial charge in [-0.1, -0.05) is 0 Å². The Morgan fingerprint density at radius 2 is 1.94 bits per heavy atom. The number of carbonyl (C=O) groups is 2. The number of primary amides is 1. The molecule has 0 radical (unpaired) electrons. The van der Waals surface area contributed by atoms with E-state index in [1.807, 2.05) is 0 Å². The van der Waals surface area contributed by atoms with Crippen molar-refractivity contribution in [3.8, 4) is 0 Å². The third-order valence-electron chi connectivity index (χ3n) is 5.06. The zero-order chi connectivity index (χ0) is 23.0. The fourth-order valence-electron chi connectivity index (χ4n) is 3.56. The van der Waals surface area contributed by atoms with Crippen molar-refractivity contribution in [2.45, 2.75) is 51.3 Å². The minimum atomic E-state index is -4.87. The summed E-state index contributed by atoms with van der Waals surface area (Å²) >= 11 is 0. The van der Waals surface area contributed by atoms with Crippen LogP contribution in [0, 0.1) is 12.8 Å². The highest BCUT2D eigenvalue weighted by atomic mass is 19.4. The van der Waals surface area contributed by atoms with E-state index in [9.17, 15) is 31.5 Å². The van der Waals surface area contributed by atoms with Crippen LogP contribution in [0.4, 0.5) is 27.6 Å². The Morgan fingerprint density at radius 1 is 1.29 bits per heavy atom. The molecule has 2 amide bonds. The molecule has 0 atom stereocenters. The van der Waals surface area contributed by atoms with Gasteiger partial charge in [-0.3, -0.25) is 14.3 Å². The van der Waals surface area contributed by atoms with Crippen LogP contribution >= 0.6 is 0 Å². The van der Waals surface area contributed by atoms with E-state index in [2.05, 4.69) is 20.6 Å². The van der Waals surface area contributed by atoms with Crippen LogP contribution in [-0.2, 0) is 12.7 Å². The molecule has 0 spiro atoms. The number of aryl methyl sites for hydroxylation is 1. The van der Waals surface area contributed by atoms with Crippen LogP contribution < -0.4 is 11.1 Å². The van der Waals surface area contributed by atoms with Crippen molar-refractivity contribution in [2.24, 2.45) is 11.7 Å². The molecule has 0 bridgehead atoms. The van der Waals surface area contributed by atoms with E-state index in [0.29, 0.717) is 0 Å². The molecular weight excluding hydrogens is 427 g/mol. The number of rotatable bonds is 5. The third-order valence-corrected chi connectivity index (χ3v) is 5.06. The number of hydrogen-bond acceptors (Lipinski definition) is 5. The van der Waals surface area contributed by atoms with Crippen LogP contribution in [0.5, 0.6) is 0 Å². The summed E-state index contributed by atoms with van der Waals surface area (Å²) in [6.07, 6.45) is -4.37. The second kappa shape index (κ2) is 8.19. The average molecular weight is 446 g/mol. The second-order valence-corrected chi connectivity index (χ2v) is 7.44. The SMILES string of the molecule is Cc1nn(CC2CCC(F)(F)CC2)c(C(=O)Nc2cnnc(C(N)=O)c2)c1C(F)(F)F. The van der Waals surface area contributed by atoms with Crippen LogP contribution in [0.2, 0.25) is 0 Å². The number of amides is 2. The molecule has 1 aliphatic rings. The van der Waals surface area contributed by atoms with Gasteiger partial charge in [0.25, 0.3) is 11.8 Å². The van der Waals surface area contributed by atoms with Crippen molar-refractivity contribution < 1.29 is 31.5 Å². The average Bonchev–Trinajstić information content (AvgIpc) is 3.00. The lowest BCUT2D eigenvalue weighted by Gasteiger charge is -2.28. The summed E-state index contributed by atoms with van der Waals surface area (Å²) in [6.45, 7) is 1.00. The van der Waals surface area contributed by atoms with Gasteiger partial charge in [-0.15, -0.1) is 5.10 Å². The molecule has 3 N–H and O–H groups in total. The summed E-state index contributed by atoms with van der Waals surface area (Å²) in [5.41, 5.74) is 2.32. The van der Waals surface area contributed by atoms with Gasteiger partial charge >= 0.3 is 6.18 Å². The quantitative estimate of drug-likeness (QED) is 0.685. The summed E-state index contributed by atoms with van der Waals surface area (Å²) in [6, 6.07) is 1.07. The number of carbonyl (C=O) groups excluding carboxylic acids is 2. The lowest BCUT2D eigenvalue weighted by atomic mass is 9.87. The standard InChI is InChI=1S/C18H19F5N6O2/c1-9-13(18(21,22)23)14(16(31)26-11-6-12(15(24)30)27-25-7-11)29(28-9)8-10-2-4-17(19,20)5-3-10/h6-7,10H,2-5,8H2,1H3,(H2,24,30)(H,26,27,31). The minimum absolute atomic E-state index is 0.0929. The minimum Gasteiger partial charge on any atom is -0.364 e. The number of halogens is 5. The van der Waals surface area contributed by atoms with E-state index < -0.39 is 40.9 Å². The van der Waals surface area contributed by atoms with Gasteiger partial charge in [0, 0.05) is 19.4 Å². The zero-order valence-corrected chi connectivity index (χ0v) is 16.3. The van der Waals surface area contributed by atoms with Gasteiger partial charge in [-0.25, -0.2) is 8.78 Å². The molecule has 1 fully saturated rings. The highest BCUT2D eigenvalue weighted by Crippen LogP contribution is 2.38. The molecule has 2 aromatic heterocycles. The molecule has 8 nitrogen and oxygen atoms in total. The number of hydrogen-bond donors (Lipinski definition) is 2. The first kappa shape index (κ1) is 22.6. The Balaban J connectivity index is 1.92. The Morgan fingerprint density at radius 3 is 2.52 bits per heavy atom. The Kier molecular flexibility index (Phi) is 5.96. The second-order valence-electron chi connectivity index (χ2n) is 7.44. The third kappa shape index (κ3) is 5.14. The fourth-order valence-corrected chi connectivity index (χ4v) is 3.56. The topological polar surface area (TPSA) is 116 Å². The highest BCUT2D eigenvalue weighted by Gasteiger charge is 2.42. The first-order valence-electron chi connectivity index (χ1n) is 9.33. The van der Waals surface area contributed by atoms with E-state index in [0.717, 1.165) is 23.9 Å². The molecule has 0 aromatic carbocycles. The van der Waals surface area contributed by atoms with Crippen LogP contribution in [0.3, 0.4) is 0 Å². The van der Waals surface area contributed by atoms with Gasteiger partial charge in [0.05, 0.1) is 17.6 Å². The van der Waals surface area contributed by atoms with Crippen molar-refractivity contribution >= 4 is 17.5 Å². The molecular formula is C18H19F5N6O2. The van der Waals surface area contributed by atoms with Crippen molar-refractivity contribution in [1.82, 2.24) is 20.0 Å². The highest BCUT2D eigenvalue weighted by molar-refractivity contribution is 6.04. The first-order chi connectivity index (χ1) is 14.4. The predicted octanol–water partition coefficient (Wildman–Crippen LogP) is 3.18.